The van der Waals surface area contributed by atoms with Gasteiger partial charge in [0.1, 0.15) is 13.2 Å². The van der Waals surface area contributed by atoms with Gasteiger partial charge in [0.2, 0.25) is 0 Å². The molecule has 1 heterocycles. The Morgan fingerprint density at radius 3 is 2.46 bits per heavy atom. The molecule has 0 bridgehead atoms. The Morgan fingerprint density at radius 1 is 0.964 bits per heavy atom. The summed E-state index contributed by atoms with van der Waals surface area (Å²) in [5.41, 5.74) is 1.22. The van der Waals surface area contributed by atoms with E-state index in [2.05, 4.69) is 5.32 Å². The molecule has 2 aromatic carbocycles. The van der Waals surface area contributed by atoms with Gasteiger partial charge in [0.15, 0.2) is 29.6 Å². The van der Waals surface area contributed by atoms with E-state index in [-0.39, 0.29) is 6.42 Å². The normalized spacial score (nSPS) is 12.1. The number of anilines is 1. The number of ether oxygens (including phenoxy) is 5. The van der Waals surface area contributed by atoms with Gasteiger partial charge < -0.3 is 29.0 Å². The number of carbonyl (C=O) groups excluding carboxylic acids is 2. The first-order valence-corrected chi connectivity index (χ1v) is 8.65. The first-order chi connectivity index (χ1) is 13.6. The van der Waals surface area contributed by atoms with Crippen LogP contribution in [0.25, 0.3) is 0 Å². The molecule has 0 radical (unpaired) electrons. The van der Waals surface area contributed by atoms with E-state index in [1.54, 1.807) is 36.4 Å². The topological polar surface area (TPSA) is 92.3 Å². The quantitative estimate of drug-likeness (QED) is 0.728. The second kappa shape index (κ2) is 8.98. The molecule has 0 fully saturated rings. The van der Waals surface area contributed by atoms with Gasteiger partial charge in [-0.1, -0.05) is 6.07 Å². The van der Waals surface area contributed by atoms with E-state index in [1.807, 2.05) is 0 Å². The van der Waals surface area contributed by atoms with Crippen LogP contribution in [-0.4, -0.2) is 45.9 Å². The van der Waals surface area contributed by atoms with Crippen LogP contribution in [0.3, 0.4) is 0 Å². The molecule has 2 aromatic rings. The number of benzene rings is 2. The van der Waals surface area contributed by atoms with Gasteiger partial charge in [-0.15, -0.1) is 0 Å². The van der Waals surface area contributed by atoms with Crippen molar-refractivity contribution >= 4 is 17.6 Å². The number of methoxy groups -OCH3 is 2. The molecule has 28 heavy (non-hydrogen) atoms. The van der Waals surface area contributed by atoms with E-state index < -0.39 is 18.5 Å². The van der Waals surface area contributed by atoms with Crippen LogP contribution in [0.15, 0.2) is 36.4 Å². The fourth-order valence-electron chi connectivity index (χ4n) is 2.67. The summed E-state index contributed by atoms with van der Waals surface area (Å²) >= 11 is 0. The maximum atomic E-state index is 12.0. The lowest BCUT2D eigenvalue weighted by molar-refractivity contribution is -0.146. The van der Waals surface area contributed by atoms with Crippen molar-refractivity contribution in [2.45, 2.75) is 6.42 Å². The minimum absolute atomic E-state index is 0.0281. The summed E-state index contributed by atoms with van der Waals surface area (Å²) in [7, 11) is 3.03. The summed E-state index contributed by atoms with van der Waals surface area (Å²) < 4.78 is 26.3. The monoisotopic (exact) mass is 387 g/mol. The van der Waals surface area contributed by atoms with Crippen molar-refractivity contribution in [3.8, 4) is 23.0 Å². The molecule has 1 aliphatic rings. The van der Waals surface area contributed by atoms with Crippen molar-refractivity contribution < 1.29 is 33.3 Å². The van der Waals surface area contributed by atoms with E-state index in [9.17, 15) is 9.59 Å². The summed E-state index contributed by atoms with van der Waals surface area (Å²) in [5, 5.41) is 2.64. The predicted molar refractivity (Wildman–Crippen MR) is 100 cm³/mol. The van der Waals surface area contributed by atoms with E-state index in [0.717, 1.165) is 5.56 Å². The zero-order valence-corrected chi connectivity index (χ0v) is 15.7. The van der Waals surface area contributed by atoms with E-state index >= 15 is 0 Å². The molecular weight excluding hydrogens is 366 g/mol. The van der Waals surface area contributed by atoms with Crippen molar-refractivity contribution in [1.82, 2.24) is 0 Å². The fraction of sp³-hybridized carbons (Fsp3) is 0.300. The molecule has 0 spiro atoms. The number of carbonyl (C=O) groups is 2. The van der Waals surface area contributed by atoms with E-state index in [4.69, 9.17) is 23.7 Å². The number of esters is 1. The maximum absolute atomic E-state index is 12.0. The molecule has 3 rings (SSSR count). The Morgan fingerprint density at radius 2 is 1.71 bits per heavy atom. The van der Waals surface area contributed by atoms with Gasteiger partial charge in [-0.05, 0) is 29.8 Å². The zero-order valence-electron chi connectivity index (χ0n) is 15.7. The van der Waals surface area contributed by atoms with Gasteiger partial charge in [-0.2, -0.15) is 0 Å². The van der Waals surface area contributed by atoms with Crippen molar-refractivity contribution in [2.75, 3.05) is 39.4 Å². The predicted octanol–water partition coefficient (Wildman–Crippen LogP) is 2.20. The van der Waals surface area contributed by atoms with Gasteiger partial charge in [-0.25, -0.2) is 0 Å². The van der Waals surface area contributed by atoms with E-state index in [1.165, 1.54) is 14.2 Å². The highest BCUT2D eigenvalue weighted by Crippen LogP contribution is 2.31. The molecule has 0 saturated carbocycles. The number of hydrogen-bond acceptors (Lipinski definition) is 7. The third-order valence-electron chi connectivity index (χ3n) is 3.99. The summed E-state index contributed by atoms with van der Waals surface area (Å²) in [4.78, 5) is 24.0. The summed E-state index contributed by atoms with van der Waals surface area (Å²) in [6.07, 6.45) is 0.0281. The molecule has 0 saturated heterocycles. The van der Waals surface area contributed by atoms with Crippen LogP contribution in [0.2, 0.25) is 0 Å². The van der Waals surface area contributed by atoms with Gasteiger partial charge in [0, 0.05) is 11.8 Å². The van der Waals surface area contributed by atoms with Crippen molar-refractivity contribution in [1.29, 1.82) is 0 Å². The van der Waals surface area contributed by atoms with E-state index in [0.29, 0.717) is 41.9 Å². The lowest BCUT2D eigenvalue weighted by Gasteiger charge is -2.18. The molecule has 148 valence electrons. The maximum Gasteiger partial charge on any atom is 0.310 e. The van der Waals surface area contributed by atoms with Gasteiger partial charge >= 0.3 is 5.97 Å². The highest BCUT2D eigenvalue weighted by molar-refractivity contribution is 5.93. The van der Waals surface area contributed by atoms with Crippen LogP contribution >= 0.6 is 0 Å². The Hall–Kier alpha value is -3.42. The molecule has 0 aliphatic carbocycles. The van der Waals surface area contributed by atoms with Gasteiger partial charge in [-0.3, -0.25) is 9.59 Å². The standard InChI is InChI=1S/C20H21NO7/c1-24-15-6-4-14(11-17(15)25-2)21-19(22)12-28-20(23)10-13-3-5-16-18(9-13)27-8-7-26-16/h3-6,9,11H,7-8,10,12H2,1-2H3,(H,21,22). The minimum Gasteiger partial charge on any atom is -0.493 e. The summed E-state index contributed by atoms with van der Waals surface area (Å²) in [6.45, 7) is 0.582. The number of fused-ring (bicyclic) bond motifs is 1. The van der Waals surface area contributed by atoms with Crippen molar-refractivity contribution in [2.24, 2.45) is 0 Å². The second-order valence-electron chi connectivity index (χ2n) is 5.93. The van der Waals surface area contributed by atoms with Crippen LogP contribution < -0.4 is 24.3 Å². The van der Waals surface area contributed by atoms with Crippen LogP contribution in [0.5, 0.6) is 23.0 Å². The second-order valence-corrected chi connectivity index (χ2v) is 5.93. The summed E-state index contributed by atoms with van der Waals surface area (Å²) in [6, 6.07) is 10.2. The average Bonchev–Trinajstić information content (AvgIpc) is 2.72. The molecule has 8 heteroatoms. The molecule has 8 nitrogen and oxygen atoms in total. The fourth-order valence-corrected chi connectivity index (χ4v) is 2.67. The SMILES string of the molecule is COc1ccc(NC(=O)COC(=O)Cc2ccc3c(c2)OCCO3)cc1OC. The first-order valence-electron chi connectivity index (χ1n) is 8.65. The molecule has 1 amide bonds. The Labute approximate surface area is 162 Å². The number of amides is 1. The third kappa shape index (κ3) is 4.85. The van der Waals surface area contributed by atoms with Crippen molar-refractivity contribution in [3.05, 3.63) is 42.0 Å². The Balaban J connectivity index is 1.50. The average molecular weight is 387 g/mol. The lowest BCUT2D eigenvalue weighted by Crippen LogP contribution is -2.21. The number of nitrogens with one attached hydrogen (secondary N) is 1. The molecule has 1 N–H and O–H groups in total. The van der Waals surface area contributed by atoms with Gasteiger partial charge in [0.05, 0.1) is 20.6 Å². The van der Waals surface area contributed by atoms with Crippen LogP contribution in [0.1, 0.15) is 5.56 Å². The number of hydrogen-bond donors (Lipinski definition) is 1. The molecular formula is C20H21NO7. The Bertz CT molecular complexity index is 812. The third-order valence-corrected chi connectivity index (χ3v) is 3.99. The smallest absolute Gasteiger partial charge is 0.310 e. The lowest BCUT2D eigenvalue weighted by atomic mass is 10.1. The molecule has 1 aliphatic heterocycles. The van der Waals surface area contributed by atoms with Crippen LogP contribution in [-0.2, 0) is 20.7 Å². The highest BCUT2D eigenvalue weighted by atomic mass is 16.6. The zero-order chi connectivity index (χ0) is 19.9. The van der Waals surface area contributed by atoms with Crippen molar-refractivity contribution in [3.63, 3.8) is 0 Å². The van der Waals surface area contributed by atoms with Crippen LogP contribution in [0, 0.1) is 0 Å². The largest absolute Gasteiger partial charge is 0.493 e. The molecule has 0 aromatic heterocycles. The minimum atomic E-state index is -0.515. The molecule has 0 unspecified atom stereocenters. The van der Waals surface area contributed by atoms with Gasteiger partial charge in [0.25, 0.3) is 5.91 Å². The number of rotatable bonds is 7. The first kappa shape index (κ1) is 19.3. The highest BCUT2D eigenvalue weighted by Gasteiger charge is 2.15. The summed E-state index contributed by atoms with van der Waals surface area (Å²) in [5.74, 6) is 1.31. The molecule has 0 atom stereocenters. The van der Waals surface area contributed by atoms with Crippen LogP contribution in [0.4, 0.5) is 5.69 Å². The Kier molecular flexibility index (Phi) is 6.21.